The lowest BCUT2D eigenvalue weighted by atomic mass is 10.1. The second-order valence-corrected chi connectivity index (χ2v) is 7.92. The van der Waals surface area contributed by atoms with Crippen LogP contribution in [0.3, 0.4) is 0 Å². The van der Waals surface area contributed by atoms with E-state index in [1.807, 2.05) is 20.8 Å². The average molecular weight is 321 g/mol. The first-order valence-electron chi connectivity index (χ1n) is 8.52. The van der Waals surface area contributed by atoms with Crippen molar-refractivity contribution in [1.82, 2.24) is 5.32 Å². The number of nitrogens with two attached hydrogens (primary N) is 1. The Balaban J connectivity index is 3.96. The maximum Gasteiger partial charge on any atom is 0.500 e. The molecular formula is C15H36N2O3Si. The van der Waals surface area contributed by atoms with Gasteiger partial charge in [-0.15, -0.1) is 0 Å². The molecular weight excluding hydrogens is 284 g/mol. The van der Waals surface area contributed by atoms with Crippen LogP contribution >= 0.6 is 0 Å². The van der Waals surface area contributed by atoms with E-state index in [0.717, 1.165) is 32.0 Å². The minimum Gasteiger partial charge on any atom is -0.374 e. The molecule has 3 N–H and O–H groups in total. The summed E-state index contributed by atoms with van der Waals surface area (Å²) in [5.41, 5.74) is 6.04. The Kier molecular flexibility index (Phi) is 13.7. The molecule has 0 bridgehead atoms. The summed E-state index contributed by atoms with van der Waals surface area (Å²) in [6.07, 6.45) is 4.50. The molecule has 0 rings (SSSR count). The Morgan fingerprint density at radius 3 is 2.00 bits per heavy atom. The quantitative estimate of drug-likeness (QED) is 0.358. The number of rotatable bonds is 15. The van der Waals surface area contributed by atoms with E-state index in [1.165, 1.54) is 12.8 Å². The van der Waals surface area contributed by atoms with Gasteiger partial charge in [-0.2, -0.15) is 0 Å². The average Bonchev–Trinajstić information content (AvgIpc) is 2.45. The molecule has 0 aromatic rings. The monoisotopic (exact) mass is 320 g/mol. The summed E-state index contributed by atoms with van der Waals surface area (Å²) in [5.74, 6) is 0. The second kappa shape index (κ2) is 13.7. The van der Waals surface area contributed by atoms with E-state index in [-0.39, 0.29) is 6.04 Å². The summed E-state index contributed by atoms with van der Waals surface area (Å²) in [7, 11) is -2.46. The summed E-state index contributed by atoms with van der Waals surface area (Å²) in [6.45, 7) is 11.9. The van der Waals surface area contributed by atoms with Gasteiger partial charge in [0.15, 0.2) is 0 Å². The molecule has 6 heteroatoms. The number of hydrogen-bond donors (Lipinski definition) is 2. The molecule has 0 amide bonds. The highest BCUT2D eigenvalue weighted by atomic mass is 28.4. The molecule has 0 aromatic carbocycles. The highest BCUT2D eigenvalue weighted by molar-refractivity contribution is 6.60. The van der Waals surface area contributed by atoms with Crippen LogP contribution in [0.25, 0.3) is 0 Å². The summed E-state index contributed by atoms with van der Waals surface area (Å²) in [4.78, 5) is 0. The van der Waals surface area contributed by atoms with Gasteiger partial charge >= 0.3 is 8.80 Å². The first-order chi connectivity index (χ1) is 10.1. The van der Waals surface area contributed by atoms with Gasteiger partial charge in [0.25, 0.3) is 0 Å². The third-order valence-corrected chi connectivity index (χ3v) is 6.42. The molecule has 1 unspecified atom stereocenters. The van der Waals surface area contributed by atoms with Crippen LogP contribution in [-0.2, 0) is 13.3 Å². The first kappa shape index (κ1) is 21.0. The highest BCUT2D eigenvalue weighted by Crippen LogP contribution is 2.17. The zero-order valence-corrected chi connectivity index (χ0v) is 15.5. The minimum atomic E-state index is -2.46. The molecule has 0 spiro atoms. The smallest absolute Gasteiger partial charge is 0.374 e. The van der Waals surface area contributed by atoms with E-state index in [9.17, 15) is 0 Å². The van der Waals surface area contributed by atoms with E-state index < -0.39 is 8.80 Å². The fourth-order valence-corrected chi connectivity index (χ4v) is 4.90. The molecule has 5 nitrogen and oxygen atoms in total. The van der Waals surface area contributed by atoms with Crippen LogP contribution in [0.1, 0.15) is 53.4 Å². The SMILES string of the molecule is CCCCC(N)CNCCC[Si](OCC)(OCC)OCC. The third kappa shape index (κ3) is 10.4. The molecule has 0 aromatic heterocycles. The van der Waals surface area contributed by atoms with Gasteiger partial charge in [-0.3, -0.25) is 0 Å². The fraction of sp³-hybridized carbons (Fsp3) is 1.00. The summed E-state index contributed by atoms with van der Waals surface area (Å²) < 4.78 is 17.5. The van der Waals surface area contributed by atoms with E-state index >= 15 is 0 Å². The van der Waals surface area contributed by atoms with Crippen molar-refractivity contribution in [1.29, 1.82) is 0 Å². The van der Waals surface area contributed by atoms with Gasteiger partial charge in [-0.1, -0.05) is 19.8 Å². The number of hydrogen-bond acceptors (Lipinski definition) is 5. The molecule has 0 aliphatic rings. The predicted octanol–water partition coefficient (Wildman–Crippen LogP) is 2.53. The van der Waals surface area contributed by atoms with Gasteiger partial charge in [0.1, 0.15) is 0 Å². The van der Waals surface area contributed by atoms with Crippen molar-refractivity contribution in [3.05, 3.63) is 0 Å². The van der Waals surface area contributed by atoms with Gasteiger partial charge in [0.05, 0.1) is 0 Å². The van der Waals surface area contributed by atoms with Crippen LogP contribution in [-0.4, -0.2) is 47.8 Å². The summed E-state index contributed by atoms with van der Waals surface area (Å²) in [6, 6.07) is 1.12. The Bertz CT molecular complexity index is 216. The van der Waals surface area contributed by atoms with Crippen molar-refractivity contribution in [3.63, 3.8) is 0 Å². The molecule has 0 fully saturated rings. The van der Waals surface area contributed by atoms with Crippen LogP contribution in [0.5, 0.6) is 0 Å². The summed E-state index contributed by atoms with van der Waals surface area (Å²) in [5, 5.41) is 3.42. The number of nitrogens with one attached hydrogen (secondary N) is 1. The molecule has 0 saturated carbocycles. The predicted molar refractivity (Wildman–Crippen MR) is 90.4 cm³/mol. The van der Waals surface area contributed by atoms with E-state index in [1.54, 1.807) is 0 Å². The van der Waals surface area contributed by atoms with Crippen molar-refractivity contribution in [2.45, 2.75) is 65.5 Å². The second-order valence-electron chi connectivity index (χ2n) is 5.19. The molecule has 0 aliphatic heterocycles. The van der Waals surface area contributed by atoms with Crippen molar-refractivity contribution >= 4 is 8.80 Å². The number of unbranched alkanes of at least 4 members (excludes halogenated alkanes) is 1. The third-order valence-electron chi connectivity index (χ3n) is 3.26. The van der Waals surface area contributed by atoms with Gasteiger partial charge in [-0.05, 0) is 40.2 Å². The Labute approximate surface area is 132 Å². The van der Waals surface area contributed by atoms with Crippen LogP contribution in [0.2, 0.25) is 6.04 Å². The van der Waals surface area contributed by atoms with Crippen molar-refractivity contribution in [3.8, 4) is 0 Å². The lowest BCUT2D eigenvalue weighted by molar-refractivity contribution is 0.0708. The molecule has 0 saturated heterocycles. The topological polar surface area (TPSA) is 65.7 Å². The maximum atomic E-state index is 6.04. The van der Waals surface area contributed by atoms with Crippen LogP contribution in [0.15, 0.2) is 0 Å². The van der Waals surface area contributed by atoms with Crippen LogP contribution in [0.4, 0.5) is 0 Å². The zero-order chi connectivity index (χ0) is 16.0. The largest absolute Gasteiger partial charge is 0.500 e. The lowest BCUT2D eigenvalue weighted by Crippen LogP contribution is -2.46. The van der Waals surface area contributed by atoms with E-state index in [4.69, 9.17) is 19.0 Å². The van der Waals surface area contributed by atoms with E-state index in [2.05, 4.69) is 12.2 Å². The maximum absolute atomic E-state index is 6.04. The Morgan fingerprint density at radius 2 is 1.52 bits per heavy atom. The molecule has 128 valence electrons. The normalized spacial score (nSPS) is 13.6. The molecule has 21 heavy (non-hydrogen) atoms. The van der Waals surface area contributed by atoms with Crippen molar-refractivity contribution in [2.24, 2.45) is 5.73 Å². The Hall–Kier alpha value is 0.0169. The minimum absolute atomic E-state index is 0.262. The molecule has 0 aliphatic carbocycles. The van der Waals surface area contributed by atoms with Crippen molar-refractivity contribution < 1.29 is 13.3 Å². The Morgan fingerprint density at radius 1 is 0.952 bits per heavy atom. The lowest BCUT2D eigenvalue weighted by Gasteiger charge is -2.28. The molecule has 1 atom stereocenters. The van der Waals surface area contributed by atoms with Crippen LogP contribution in [0, 0.1) is 0 Å². The van der Waals surface area contributed by atoms with Gasteiger partial charge in [-0.25, -0.2) is 0 Å². The van der Waals surface area contributed by atoms with Crippen LogP contribution < -0.4 is 11.1 Å². The van der Waals surface area contributed by atoms with Gasteiger partial charge in [0.2, 0.25) is 0 Å². The van der Waals surface area contributed by atoms with E-state index in [0.29, 0.717) is 19.8 Å². The standard InChI is InChI=1S/C15H36N2O3Si/c1-5-9-11-15(16)14-17-12-10-13-21(18-6-2,19-7-3)20-8-4/h15,17H,5-14,16H2,1-4H3. The first-order valence-corrected chi connectivity index (χ1v) is 10.4. The van der Waals surface area contributed by atoms with Gasteiger partial charge in [0, 0.05) is 38.5 Å². The highest BCUT2D eigenvalue weighted by Gasteiger charge is 2.39. The molecule has 0 radical (unpaired) electrons. The molecule has 0 heterocycles. The zero-order valence-electron chi connectivity index (χ0n) is 14.5. The summed E-state index contributed by atoms with van der Waals surface area (Å²) >= 11 is 0. The van der Waals surface area contributed by atoms with Gasteiger partial charge < -0.3 is 24.3 Å². The van der Waals surface area contributed by atoms with Crippen molar-refractivity contribution in [2.75, 3.05) is 32.9 Å². The fourth-order valence-electron chi connectivity index (χ4n) is 2.29.